The molecular formula is C25H33NO3. The summed E-state index contributed by atoms with van der Waals surface area (Å²) in [5, 5.41) is 23.5. The van der Waals surface area contributed by atoms with Crippen molar-refractivity contribution in [2.75, 3.05) is 0 Å². The summed E-state index contributed by atoms with van der Waals surface area (Å²) in [5.41, 5.74) is 2.91. The number of hydrogen-bond donors (Lipinski definition) is 1. The van der Waals surface area contributed by atoms with Gasteiger partial charge in [0.05, 0.1) is 5.56 Å². The average molecular weight is 396 g/mol. The Morgan fingerprint density at radius 2 is 1.62 bits per heavy atom. The first-order chi connectivity index (χ1) is 13.7. The van der Waals surface area contributed by atoms with Crippen LogP contribution in [0.1, 0.15) is 72.3 Å². The van der Waals surface area contributed by atoms with Gasteiger partial charge in [-0.1, -0.05) is 47.1 Å². The molecule has 1 aromatic rings. The van der Waals surface area contributed by atoms with Gasteiger partial charge in [-0.15, -0.1) is 0 Å². The lowest BCUT2D eigenvalue weighted by atomic mass is 9.81. The Morgan fingerprint density at radius 3 is 2.28 bits per heavy atom. The molecule has 1 unspecified atom stereocenters. The molecule has 1 aromatic carbocycles. The number of para-hydroxylation sites is 1. The third-order valence-corrected chi connectivity index (χ3v) is 5.45. The van der Waals surface area contributed by atoms with Gasteiger partial charge in [0.1, 0.15) is 0 Å². The summed E-state index contributed by atoms with van der Waals surface area (Å²) >= 11 is 0. The van der Waals surface area contributed by atoms with Gasteiger partial charge in [-0.25, -0.2) is 0 Å². The number of hydrogen-bond acceptors (Lipinski definition) is 3. The summed E-state index contributed by atoms with van der Waals surface area (Å²) in [5.74, 6) is -0.523. The molecule has 29 heavy (non-hydrogen) atoms. The van der Waals surface area contributed by atoms with Crippen LogP contribution in [-0.2, 0) is 10.4 Å². The zero-order chi connectivity index (χ0) is 21.6. The van der Waals surface area contributed by atoms with Gasteiger partial charge in [-0.05, 0) is 59.4 Å². The van der Waals surface area contributed by atoms with E-state index in [0.29, 0.717) is 16.0 Å². The number of carbonyl (C=O) groups is 1. The highest BCUT2D eigenvalue weighted by molar-refractivity contribution is 6.40. The number of ketones is 1. The summed E-state index contributed by atoms with van der Waals surface area (Å²) in [6.07, 6.45) is 10.6. The van der Waals surface area contributed by atoms with Crippen molar-refractivity contribution < 1.29 is 14.6 Å². The zero-order valence-corrected chi connectivity index (χ0v) is 18.3. The van der Waals surface area contributed by atoms with Crippen molar-refractivity contribution in [1.82, 2.24) is 0 Å². The van der Waals surface area contributed by atoms with E-state index in [-0.39, 0.29) is 12.1 Å². The third-order valence-electron chi connectivity index (χ3n) is 5.45. The maximum atomic E-state index is 12.7. The lowest BCUT2D eigenvalue weighted by Gasteiger charge is -2.30. The number of aliphatic hydroxyl groups is 1. The molecule has 0 fully saturated rings. The molecule has 1 heterocycles. The van der Waals surface area contributed by atoms with Crippen molar-refractivity contribution in [3.05, 3.63) is 70.0 Å². The Balaban J connectivity index is 2.05. The molecule has 0 aromatic heterocycles. The van der Waals surface area contributed by atoms with Crippen molar-refractivity contribution >= 4 is 17.2 Å². The molecule has 1 aliphatic heterocycles. The minimum atomic E-state index is -1.68. The number of rotatable bonds is 8. The van der Waals surface area contributed by atoms with Crippen molar-refractivity contribution in [1.29, 1.82) is 0 Å². The number of nitrogens with zero attached hydrogens (tertiary/aromatic N) is 1. The van der Waals surface area contributed by atoms with E-state index in [2.05, 4.69) is 32.9 Å². The molecule has 0 amide bonds. The van der Waals surface area contributed by atoms with Crippen molar-refractivity contribution in [3.8, 4) is 0 Å². The summed E-state index contributed by atoms with van der Waals surface area (Å²) in [6.45, 7) is 9.88. The molecule has 0 spiro atoms. The van der Waals surface area contributed by atoms with Gasteiger partial charge in [-0.3, -0.25) is 4.79 Å². The second kappa shape index (κ2) is 9.84. The quantitative estimate of drug-likeness (QED) is 0.340. The number of benzene rings is 1. The van der Waals surface area contributed by atoms with Crippen LogP contribution < -0.4 is 0 Å². The molecule has 2 rings (SSSR count). The van der Waals surface area contributed by atoms with Crippen LogP contribution in [0.2, 0.25) is 0 Å². The zero-order valence-electron chi connectivity index (χ0n) is 18.3. The van der Waals surface area contributed by atoms with Crippen LogP contribution in [0, 0.1) is 5.21 Å². The number of carbonyl (C=O) groups excluding carboxylic acids is 1. The van der Waals surface area contributed by atoms with Gasteiger partial charge in [0.15, 0.2) is 5.60 Å². The Bertz CT molecular complexity index is 885. The van der Waals surface area contributed by atoms with Gasteiger partial charge in [0, 0.05) is 19.4 Å². The fraction of sp³-hybridized carbons (Fsp3) is 0.440. The minimum absolute atomic E-state index is 0.0205. The van der Waals surface area contributed by atoms with Crippen molar-refractivity contribution in [2.24, 2.45) is 0 Å². The molecule has 0 saturated carbocycles. The minimum Gasteiger partial charge on any atom is -0.618 e. The van der Waals surface area contributed by atoms with Crippen LogP contribution >= 0.6 is 0 Å². The molecule has 0 radical (unpaired) electrons. The molecule has 156 valence electrons. The summed E-state index contributed by atoms with van der Waals surface area (Å²) in [7, 11) is 0. The smallest absolute Gasteiger partial charge is 0.259 e. The monoisotopic (exact) mass is 395 g/mol. The fourth-order valence-corrected chi connectivity index (χ4v) is 3.56. The Kier molecular flexibility index (Phi) is 7.74. The van der Waals surface area contributed by atoms with Gasteiger partial charge in [0.2, 0.25) is 11.4 Å². The lowest BCUT2D eigenvalue weighted by Crippen LogP contribution is -2.45. The number of fused-ring (bicyclic) bond motifs is 1. The molecule has 0 saturated heterocycles. The summed E-state index contributed by atoms with van der Waals surface area (Å²) in [4.78, 5) is 12.7. The first kappa shape index (κ1) is 22.8. The highest BCUT2D eigenvalue weighted by Crippen LogP contribution is 2.38. The van der Waals surface area contributed by atoms with E-state index < -0.39 is 11.4 Å². The van der Waals surface area contributed by atoms with E-state index in [1.54, 1.807) is 24.3 Å². The highest BCUT2D eigenvalue weighted by Gasteiger charge is 2.47. The van der Waals surface area contributed by atoms with Crippen molar-refractivity contribution in [2.45, 2.75) is 72.3 Å². The molecular weight excluding hydrogens is 362 g/mol. The topological polar surface area (TPSA) is 63.4 Å². The SMILES string of the molecule is CC(C)=CCC/C(C)=C/CC/C(C)=C/CC1(O)C(=O)C(C)=[N+]([O-])c2ccccc21. The van der Waals surface area contributed by atoms with Crippen LogP contribution in [0.4, 0.5) is 5.69 Å². The average Bonchev–Trinajstić information content (AvgIpc) is 2.69. The molecule has 1 N–H and O–H groups in total. The molecule has 0 aliphatic carbocycles. The van der Waals surface area contributed by atoms with E-state index in [1.165, 1.54) is 18.1 Å². The first-order valence-corrected chi connectivity index (χ1v) is 10.3. The van der Waals surface area contributed by atoms with Gasteiger partial charge < -0.3 is 10.3 Å². The Hall–Kier alpha value is -2.46. The normalized spacial score (nSPS) is 20.0. The standard InChI is InChI=1S/C25H33NO3/c1-18(2)10-8-11-19(3)12-9-13-20(4)16-17-25(28)22-14-6-7-15-23(22)26(29)21(5)24(25)27/h6-7,10,12,14-16,28H,8-9,11,13,17H2,1-5H3/b19-12+,20-16+. The molecule has 1 aliphatic rings. The summed E-state index contributed by atoms with van der Waals surface area (Å²) < 4.78 is 0.617. The van der Waals surface area contributed by atoms with Crippen LogP contribution in [0.3, 0.4) is 0 Å². The van der Waals surface area contributed by atoms with E-state index in [9.17, 15) is 15.1 Å². The Morgan fingerprint density at radius 1 is 1.03 bits per heavy atom. The van der Waals surface area contributed by atoms with Gasteiger partial charge >= 0.3 is 0 Å². The molecule has 4 nitrogen and oxygen atoms in total. The van der Waals surface area contributed by atoms with Crippen LogP contribution in [0.5, 0.6) is 0 Å². The van der Waals surface area contributed by atoms with E-state index in [1.807, 2.05) is 13.0 Å². The van der Waals surface area contributed by atoms with Crippen LogP contribution in [0.15, 0.2) is 59.2 Å². The Labute approximate surface area is 174 Å². The van der Waals surface area contributed by atoms with E-state index >= 15 is 0 Å². The van der Waals surface area contributed by atoms with E-state index in [4.69, 9.17) is 0 Å². The fourth-order valence-electron chi connectivity index (χ4n) is 3.56. The largest absolute Gasteiger partial charge is 0.618 e. The van der Waals surface area contributed by atoms with E-state index in [0.717, 1.165) is 31.3 Å². The molecule has 1 atom stereocenters. The van der Waals surface area contributed by atoms with Gasteiger partial charge in [-0.2, -0.15) is 4.74 Å². The summed E-state index contributed by atoms with van der Waals surface area (Å²) in [6, 6.07) is 6.78. The second-order valence-electron chi connectivity index (χ2n) is 8.25. The maximum Gasteiger partial charge on any atom is 0.259 e. The molecule has 4 heteroatoms. The maximum absolute atomic E-state index is 12.7. The first-order valence-electron chi connectivity index (χ1n) is 10.3. The van der Waals surface area contributed by atoms with Crippen LogP contribution in [-0.4, -0.2) is 21.3 Å². The van der Waals surface area contributed by atoms with Crippen molar-refractivity contribution in [3.63, 3.8) is 0 Å². The number of allylic oxidation sites excluding steroid dienone is 5. The predicted molar refractivity (Wildman–Crippen MR) is 119 cm³/mol. The molecule has 0 bridgehead atoms. The second-order valence-corrected chi connectivity index (χ2v) is 8.25. The highest BCUT2D eigenvalue weighted by atomic mass is 16.5. The number of Topliss-reactive ketones (excluding diaryl/α,β-unsaturated/α-hetero) is 1. The van der Waals surface area contributed by atoms with Gasteiger partial charge in [0.25, 0.3) is 5.78 Å². The predicted octanol–water partition coefficient (Wildman–Crippen LogP) is 5.87. The third kappa shape index (κ3) is 5.54. The van der Waals surface area contributed by atoms with Crippen LogP contribution in [0.25, 0.3) is 0 Å². The lowest BCUT2D eigenvalue weighted by molar-refractivity contribution is -0.365.